The van der Waals surface area contributed by atoms with Crippen molar-refractivity contribution in [2.24, 2.45) is 0 Å². The number of hydrogen-bond acceptors (Lipinski definition) is 3. The molecule has 0 aliphatic rings. The molecule has 0 saturated heterocycles. The summed E-state index contributed by atoms with van der Waals surface area (Å²) in [5.41, 5.74) is 3.10. The number of rotatable bonds is 5. The summed E-state index contributed by atoms with van der Waals surface area (Å²) in [7, 11) is 1.64. The van der Waals surface area contributed by atoms with E-state index in [0.717, 1.165) is 26.9 Å². The Balaban J connectivity index is 1.80. The zero-order chi connectivity index (χ0) is 20.4. The molecule has 146 valence electrons. The van der Waals surface area contributed by atoms with E-state index in [9.17, 15) is 4.79 Å². The van der Waals surface area contributed by atoms with E-state index >= 15 is 0 Å². The molecule has 0 bridgehead atoms. The standard InChI is InChI=1S/C24H20BrNO3/c1-16-23(19-7-3-6-10-22(19)29-16)24(27)26(21-9-5-4-8-20(21)25)15-17-11-13-18(28-2)14-12-17/h3-14H,15H2,1-2H3. The van der Waals surface area contributed by atoms with E-state index < -0.39 is 0 Å². The minimum Gasteiger partial charge on any atom is -0.497 e. The molecule has 0 N–H and O–H groups in total. The molecular weight excluding hydrogens is 430 g/mol. The first-order valence-corrected chi connectivity index (χ1v) is 10.0. The summed E-state index contributed by atoms with van der Waals surface area (Å²) in [6.45, 7) is 2.25. The van der Waals surface area contributed by atoms with Gasteiger partial charge in [0.05, 0.1) is 24.9 Å². The summed E-state index contributed by atoms with van der Waals surface area (Å²) in [6.07, 6.45) is 0. The van der Waals surface area contributed by atoms with Crippen molar-refractivity contribution in [3.05, 3.63) is 94.2 Å². The van der Waals surface area contributed by atoms with Gasteiger partial charge in [0.25, 0.3) is 5.91 Å². The number of benzene rings is 3. The van der Waals surface area contributed by atoms with Crippen LogP contribution in [0.1, 0.15) is 21.7 Å². The van der Waals surface area contributed by atoms with Crippen molar-refractivity contribution in [2.75, 3.05) is 12.0 Å². The molecule has 4 rings (SSSR count). The van der Waals surface area contributed by atoms with Crippen LogP contribution in [0.15, 0.2) is 81.7 Å². The van der Waals surface area contributed by atoms with Gasteiger partial charge in [-0.2, -0.15) is 0 Å². The lowest BCUT2D eigenvalue weighted by molar-refractivity contribution is 0.0985. The summed E-state index contributed by atoms with van der Waals surface area (Å²) < 4.78 is 11.9. The number of ether oxygens (including phenoxy) is 1. The number of para-hydroxylation sites is 2. The lowest BCUT2D eigenvalue weighted by atomic mass is 10.1. The highest BCUT2D eigenvalue weighted by Gasteiger charge is 2.26. The van der Waals surface area contributed by atoms with Gasteiger partial charge in [-0.15, -0.1) is 0 Å². The van der Waals surface area contributed by atoms with E-state index in [-0.39, 0.29) is 5.91 Å². The van der Waals surface area contributed by atoms with Crippen LogP contribution in [-0.4, -0.2) is 13.0 Å². The topological polar surface area (TPSA) is 42.7 Å². The molecule has 3 aromatic carbocycles. The molecule has 4 nitrogen and oxygen atoms in total. The van der Waals surface area contributed by atoms with Crippen LogP contribution in [0.5, 0.6) is 5.75 Å². The highest BCUT2D eigenvalue weighted by atomic mass is 79.9. The minimum atomic E-state index is -0.102. The van der Waals surface area contributed by atoms with Crippen molar-refractivity contribution >= 4 is 38.5 Å². The van der Waals surface area contributed by atoms with Crippen LogP contribution < -0.4 is 9.64 Å². The molecule has 4 aromatic rings. The predicted octanol–water partition coefficient (Wildman–Crippen LogP) is 6.36. The van der Waals surface area contributed by atoms with Crippen LogP contribution in [0.4, 0.5) is 5.69 Å². The number of nitrogens with zero attached hydrogens (tertiary/aromatic N) is 1. The van der Waals surface area contributed by atoms with E-state index in [2.05, 4.69) is 15.9 Å². The number of fused-ring (bicyclic) bond motifs is 1. The summed E-state index contributed by atoms with van der Waals surface area (Å²) >= 11 is 3.60. The fourth-order valence-electron chi connectivity index (χ4n) is 3.42. The van der Waals surface area contributed by atoms with Crippen molar-refractivity contribution in [1.29, 1.82) is 0 Å². The third-order valence-electron chi connectivity index (χ3n) is 4.87. The molecule has 0 spiro atoms. The molecule has 29 heavy (non-hydrogen) atoms. The number of carbonyl (C=O) groups excluding carboxylic acids is 1. The van der Waals surface area contributed by atoms with Gasteiger partial charge in [-0.25, -0.2) is 0 Å². The van der Waals surface area contributed by atoms with Crippen LogP contribution in [0.3, 0.4) is 0 Å². The summed E-state index contributed by atoms with van der Waals surface area (Å²) in [5, 5.41) is 0.821. The summed E-state index contributed by atoms with van der Waals surface area (Å²) in [4.78, 5) is 15.5. The van der Waals surface area contributed by atoms with Crippen LogP contribution in [0.2, 0.25) is 0 Å². The number of halogens is 1. The first-order chi connectivity index (χ1) is 14.1. The quantitative estimate of drug-likeness (QED) is 0.355. The van der Waals surface area contributed by atoms with E-state index in [1.165, 1.54) is 0 Å². The molecule has 0 aliphatic carbocycles. The Bertz CT molecular complexity index is 1160. The van der Waals surface area contributed by atoms with Crippen molar-refractivity contribution in [1.82, 2.24) is 0 Å². The Morgan fingerprint density at radius 3 is 2.41 bits per heavy atom. The normalized spacial score (nSPS) is 10.9. The van der Waals surface area contributed by atoms with E-state index in [1.54, 1.807) is 12.0 Å². The highest BCUT2D eigenvalue weighted by Crippen LogP contribution is 2.32. The first-order valence-electron chi connectivity index (χ1n) is 9.26. The van der Waals surface area contributed by atoms with E-state index in [0.29, 0.717) is 23.5 Å². The Labute approximate surface area is 177 Å². The maximum absolute atomic E-state index is 13.7. The SMILES string of the molecule is COc1ccc(CN(C(=O)c2c(C)oc3ccccc23)c2ccccc2Br)cc1. The summed E-state index contributed by atoms with van der Waals surface area (Å²) in [5.74, 6) is 1.29. The number of furan rings is 1. The van der Waals surface area contributed by atoms with Gasteiger partial charge in [-0.3, -0.25) is 4.79 Å². The van der Waals surface area contributed by atoms with Gasteiger partial charge in [-0.1, -0.05) is 42.5 Å². The predicted molar refractivity (Wildman–Crippen MR) is 119 cm³/mol. The maximum Gasteiger partial charge on any atom is 0.262 e. The molecule has 0 fully saturated rings. The molecule has 0 saturated carbocycles. The molecule has 0 atom stereocenters. The third-order valence-corrected chi connectivity index (χ3v) is 5.54. The fraction of sp³-hybridized carbons (Fsp3) is 0.125. The molecule has 1 heterocycles. The van der Waals surface area contributed by atoms with Crippen molar-refractivity contribution in [3.63, 3.8) is 0 Å². The van der Waals surface area contributed by atoms with Gasteiger partial charge in [0.1, 0.15) is 17.1 Å². The fourth-order valence-corrected chi connectivity index (χ4v) is 3.92. The second kappa shape index (κ2) is 8.13. The maximum atomic E-state index is 13.7. The minimum absolute atomic E-state index is 0.102. The monoisotopic (exact) mass is 449 g/mol. The second-order valence-corrected chi connectivity index (χ2v) is 7.57. The number of hydrogen-bond donors (Lipinski definition) is 0. The zero-order valence-corrected chi connectivity index (χ0v) is 17.8. The molecule has 5 heteroatoms. The van der Waals surface area contributed by atoms with Crippen LogP contribution in [0, 0.1) is 6.92 Å². The molecule has 1 amide bonds. The number of aryl methyl sites for hydroxylation is 1. The average Bonchev–Trinajstić information content (AvgIpc) is 3.08. The molecule has 1 aromatic heterocycles. The average molecular weight is 450 g/mol. The number of methoxy groups -OCH3 is 1. The smallest absolute Gasteiger partial charge is 0.262 e. The van der Waals surface area contributed by atoms with Crippen molar-refractivity contribution < 1.29 is 13.9 Å². The van der Waals surface area contributed by atoms with Gasteiger partial charge in [0.2, 0.25) is 0 Å². The molecule has 0 aliphatic heterocycles. The zero-order valence-electron chi connectivity index (χ0n) is 16.2. The lowest BCUT2D eigenvalue weighted by Crippen LogP contribution is -2.31. The Kier molecular flexibility index (Phi) is 5.41. The van der Waals surface area contributed by atoms with Gasteiger partial charge < -0.3 is 14.1 Å². The largest absolute Gasteiger partial charge is 0.497 e. The number of amides is 1. The van der Waals surface area contributed by atoms with Crippen molar-refractivity contribution in [2.45, 2.75) is 13.5 Å². The second-order valence-electron chi connectivity index (χ2n) is 6.72. The van der Waals surface area contributed by atoms with Crippen molar-refractivity contribution in [3.8, 4) is 5.75 Å². The van der Waals surface area contributed by atoms with Crippen LogP contribution >= 0.6 is 15.9 Å². The molecule has 0 radical (unpaired) electrons. The van der Waals surface area contributed by atoms with E-state index in [4.69, 9.17) is 9.15 Å². The van der Waals surface area contributed by atoms with Gasteiger partial charge in [0.15, 0.2) is 0 Å². The van der Waals surface area contributed by atoms with Crippen LogP contribution in [-0.2, 0) is 6.54 Å². The number of anilines is 1. The van der Waals surface area contributed by atoms with Gasteiger partial charge in [-0.05, 0) is 58.7 Å². The molecular formula is C24H20BrNO3. The van der Waals surface area contributed by atoms with Gasteiger partial charge in [0, 0.05) is 9.86 Å². The first kappa shape index (κ1) is 19.3. The van der Waals surface area contributed by atoms with Gasteiger partial charge >= 0.3 is 0 Å². The third kappa shape index (κ3) is 3.78. The number of carbonyl (C=O) groups is 1. The summed E-state index contributed by atoms with van der Waals surface area (Å²) in [6, 6.07) is 23.1. The Morgan fingerprint density at radius 1 is 1.00 bits per heavy atom. The van der Waals surface area contributed by atoms with E-state index in [1.807, 2.05) is 79.7 Å². The Hall–Kier alpha value is -3.05. The lowest BCUT2D eigenvalue weighted by Gasteiger charge is -2.24. The Morgan fingerprint density at radius 2 is 1.69 bits per heavy atom. The van der Waals surface area contributed by atoms with Crippen LogP contribution in [0.25, 0.3) is 11.0 Å². The highest BCUT2D eigenvalue weighted by molar-refractivity contribution is 9.10. The molecule has 0 unspecified atom stereocenters.